The van der Waals surface area contributed by atoms with E-state index in [9.17, 15) is 8.78 Å². The first-order valence-electron chi connectivity index (χ1n) is 7.41. The van der Waals surface area contributed by atoms with Gasteiger partial charge in [-0.25, -0.2) is 13.8 Å². The molecule has 1 fully saturated rings. The Kier molecular flexibility index (Phi) is 4.78. The molecule has 0 saturated carbocycles. The van der Waals surface area contributed by atoms with Crippen LogP contribution in [0.2, 0.25) is 0 Å². The van der Waals surface area contributed by atoms with Crippen LogP contribution in [0.25, 0.3) is 0 Å². The van der Waals surface area contributed by atoms with Crippen molar-refractivity contribution in [3.8, 4) is 0 Å². The number of hydrogen-bond donors (Lipinski definition) is 1. The minimum Gasteiger partial charge on any atom is -0.368 e. The third kappa shape index (κ3) is 3.02. The summed E-state index contributed by atoms with van der Waals surface area (Å²) in [6, 6.07) is 1.22. The van der Waals surface area contributed by atoms with Gasteiger partial charge in [0.2, 0.25) is 0 Å². The van der Waals surface area contributed by atoms with E-state index in [1.165, 1.54) is 0 Å². The van der Waals surface area contributed by atoms with Crippen LogP contribution in [0.4, 0.5) is 20.4 Å². The molecule has 5 heteroatoms. The third-order valence-electron chi connectivity index (χ3n) is 3.79. The molecule has 2 heterocycles. The highest BCUT2D eigenvalue weighted by atomic mass is 19.1. The molecule has 1 aliphatic rings. The highest BCUT2D eigenvalue weighted by Crippen LogP contribution is 2.31. The first-order chi connectivity index (χ1) is 9.54. The van der Waals surface area contributed by atoms with Gasteiger partial charge in [0.25, 0.3) is 0 Å². The molecular formula is C15H23F2N3. The largest absolute Gasteiger partial charge is 0.368 e. The standard InChI is InChI=1S/C15H23F2N3/c1-4-7-18-14-11(16)9-12(17)15(19-14)20-8-5-6-13(20)10(2)3/h9-10,13H,4-8H2,1-3H3,(H,18,19). The summed E-state index contributed by atoms with van der Waals surface area (Å²) in [4.78, 5) is 6.17. The summed E-state index contributed by atoms with van der Waals surface area (Å²) in [7, 11) is 0. The maximum Gasteiger partial charge on any atom is 0.168 e. The van der Waals surface area contributed by atoms with Crippen LogP contribution < -0.4 is 10.2 Å². The molecule has 1 unspecified atom stereocenters. The van der Waals surface area contributed by atoms with Gasteiger partial charge in [0.05, 0.1) is 0 Å². The molecule has 0 aromatic carbocycles. The molecule has 3 nitrogen and oxygen atoms in total. The summed E-state index contributed by atoms with van der Waals surface area (Å²) in [6.45, 7) is 7.65. The summed E-state index contributed by atoms with van der Waals surface area (Å²) < 4.78 is 27.8. The van der Waals surface area contributed by atoms with E-state index in [0.29, 0.717) is 12.5 Å². The minimum absolute atomic E-state index is 0.151. The fourth-order valence-corrected chi connectivity index (χ4v) is 2.77. The second-order valence-corrected chi connectivity index (χ2v) is 5.70. The lowest BCUT2D eigenvalue weighted by Crippen LogP contribution is -2.34. The van der Waals surface area contributed by atoms with Crippen molar-refractivity contribution in [2.75, 3.05) is 23.3 Å². The fourth-order valence-electron chi connectivity index (χ4n) is 2.77. The number of anilines is 2. The highest BCUT2D eigenvalue weighted by Gasteiger charge is 2.30. The predicted molar refractivity (Wildman–Crippen MR) is 78.1 cm³/mol. The number of nitrogens with zero attached hydrogens (tertiary/aromatic N) is 2. The molecule has 1 aliphatic heterocycles. The van der Waals surface area contributed by atoms with Gasteiger partial charge in [-0.3, -0.25) is 0 Å². The van der Waals surface area contributed by atoms with E-state index in [2.05, 4.69) is 24.1 Å². The SMILES string of the molecule is CCCNc1nc(N2CCCC2C(C)C)c(F)cc1F. The maximum absolute atomic E-state index is 14.1. The number of rotatable bonds is 5. The lowest BCUT2D eigenvalue weighted by atomic mass is 10.0. The van der Waals surface area contributed by atoms with Crippen molar-refractivity contribution in [2.45, 2.75) is 46.1 Å². The molecule has 1 aromatic rings. The summed E-state index contributed by atoms with van der Waals surface area (Å²) in [6.07, 6.45) is 2.93. The van der Waals surface area contributed by atoms with E-state index in [1.54, 1.807) is 0 Å². The number of halogens is 2. The molecule has 0 bridgehead atoms. The van der Waals surface area contributed by atoms with Gasteiger partial charge in [0.15, 0.2) is 23.3 Å². The molecule has 112 valence electrons. The lowest BCUT2D eigenvalue weighted by Gasteiger charge is -2.29. The van der Waals surface area contributed by atoms with Crippen LogP contribution in [0, 0.1) is 17.6 Å². The Labute approximate surface area is 119 Å². The molecule has 20 heavy (non-hydrogen) atoms. The molecule has 0 amide bonds. The van der Waals surface area contributed by atoms with Crippen LogP contribution in [-0.2, 0) is 0 Å². The van der Waals surface area contributed by atoms with Gasteiger partial charge in [-0.2, -0.15) is 0 Å². The van der Waals surface area contributed by atoms with Gasteiger partial charge < -0.3 is 10.2 Å². The first kappa shape index (κ1) is 15.0. The minimum atomic E-state index is -0.625. The molecule has 0 aliphatic carbocycles. The van der Waals surface area contributed by atoms with Crippen LogP contribution in [0.1, 0.15) is 40.0 Å². The Bertz CT molecular complexity index is 463. The second kappa shape index (κ2) is 6.37. The number of pyridine rings is 1. The van der Waals surface area contributed by atoms with Gasteiger partial charge in [-0.1, -0.05) is 20.8 Å². The monoisotopic (exact) mass is 283 g/mol. The molecule has 1 saturated heterocycles. The molecular weight excluding hydrogens is 260 g/mol. The topological polar surface area (TPSA) is 28.2 Å². The van der Waals surface area contributed by atoms with Crippen LogP contribution in [0.15, 0.2) is 6.07 Å². The van der Waals surface area contributed by atoms with E-state index in [1.807, 2.05) is 11.8 Å². The Morgan fingerprint density at radius 2 is 2.15 bits per heavy atom. The van der Waals surface area contributed by atoms with Gasteiger partial charge in [-0.05, 0) is 25.2 Å². The Morgan fingerprint density at radius 1 is 1.40 bits per heavy atom. The molecule has 1 atom stereocenters. The number of nitrogens with one attached hydrogen (secondary N) is 1. The van der Waals surface area contributed by atoms with E-state index < -0.39 is 11.6 Å². The Morgan fingerprint density at radius 3 is 2.80 bits per heavy atom. The van der Waals surface area contributed by atoms with Crippen molar-refractivity contribution in [3.05, 3.63) is 17.7 Å². The van der Waals surface area contributed by atoms with E-state index in [4.69, 9.17) is 0 Å². The predicted octanol–water partition coefficient (Wildman–Crippen LogP) is 3.81. The van der Waals surface area contributed by atoms with Crippen molar-refractivity contribution in [2.24, 2.45) is 5.92 Å². The summed E-state index contributed by atoms with van der Waals surface area (Å²) >= 11 is 0. The van der Waals surface area contributed by atoms with Crippen LogP contribution in [0.5, 0.6) is 0 Å². The molecule has 2 rings (SSSR count). The normalized spacial score (nSPS) is 18.9. The van der Waals surface area contributed by atoms with Crippen molar-refractivity contribution in [1.29, 1.82) is 0 Å². The van der Waals surface area contributed by atoms with Crippen LogP contribution >= 0.6 is 0 Å². The fraction of sp³-hybridized carbons (Fsp3) is 0.667. The van der Waals surface area contributed by atoms with Crippen LogP contribution in [0.3, 0.4) is 0 Å². The molecule has 1 aromatic heterocycles. The zero-order valence-electron chi connectivity index (χ0n) is 12.4. The van der Waals surface area contributed by atoms with E-state index in [0.717, 1.165) is 31.9 Å². The van der Waals surface area contributed by atoms with Gasteiger partial charge in [-0.15, -0.1) is 0 Å². The molecule has 0 spiro atoms. The maximum atomic E-state index is 14.1. The quantitative estimate of drug-likeness (QED) is 0.890. The van der Waals surface area contributed by atoms with Gasteiger partial charge in [0, 0.05) is 25.2 Å². The summed E-state index contributed by atoms with van der Waals surface area (Å²) in [5.74, 6) is -0.341. The molecule has 1 N–H and O–H groups in total. The van der Waals surface area contributed by atoms with Crippen molar-refractivity contribution < 1.29 is 8.78 Å². The van der Waals surface area contributed by atoms with Crippen molar-refractivity contribution in [1.82, 2.24) is 4.98 Å². The summed E-state index contributed by atoms with van der Waals surface area (Å²) in [5, 5.41) is 2.92. The smallest absolute Gasteiger partial charge is 0.168 e. The average molecular weight is 283 g/mol. The van der Waals surface area contributed by atoms with Gasteiger partial charge in [0.1, 0.15) is 0 Å². The second-order valence-electron chi connectivity index (χ2n) is 5.70. The van der Waals surface area contributed by atoms with Gasteiger partial charge >= 0.3 is 0 Å². The van der Waals surface area contributed by atoms with Crippen molar-refractivity contribution >= 4 is 11.6 Å². The lowest BCUT2D eigenvalue weighted by molar-refractivity contribution is 0.480. The van der Waals surface area contributed by atoms with E-state index in [-0.39, 0.29) is 17.7 Å². The zero-order valence-corrected chi connectivity index (χ0v) is 12.4. The van der Waals surface area contributed by atoms with Crippen molar-refractivity contribution in [3.63, 3.8) is 0 Å². The first-order valence-corrected chi connectivity index (χ1v) is 7.41. The highest BCUT2D eigenvalue weighted by molar-refractivity contribution is 5.50. The number of aromatic nitrogens is 1. The van der Waals surface area contributed by atoms with E-state index >= 15 is 0 Å². The average Bonchev–Trinajstić information content (AvgIpc) is 2.87. The Hall–Kier alpha value is -1.39. The van der Waals surface area contributed by atoms with Crippen LogP contribution in [-0.4, -0.2) is 24.1 Å². The Balaban J connectivity index is 2.30. The molecule has 0 radical (unpaired) electrons. The third-order valence-corrected chi connectivity index (χ3v) is 3.79. The summed E-state index contributed by atoms with van der Waals surface area (Å²) in [5.41, 5.74) is 0. The zero-order chi connectivity index (χ0) is 14.7. The number of hydrogen-bond acceptors (Lipinski definition) is 3.